The third kappa shape index (κ3) is 6.75. The van der Waals surface area contributed by atoms with Crippen molar-refractivity contribution in [2.45, 2.75) is 29.5 Å². The molecule has 0 N–H and O–H groups in total. The maximum Gasteiger partial charge on any atom is 2.00 e. The molecule has 2 aromatic carbocycles. The van der Waals surface area contributed by atoms with Crippen LogP contribution in [0.3, 0.4) is 0 Å². The molecule has 1 saturated heterocycles. The van der Waals surface area contributed by atoms with Crippen LogP contribution >= 0.6 is 23.5 Å². The van der Waals surface area contributed by atoms with Crippen molar-refractivity contribution < 1.29 is 19.5 Å². The number of aliphatic carboxylic acids is 1. The molecule has 0 aliphatic carbocycles. The molecule has 30 heavy (non-hydrogen) atoms. The fourth-order valence-electron chi connectivity index (χ4n) is 3.25. The molecule has 5 nitrogen and oxygen atoms in total. The summed E-state index contributed by atoms with van der Waals surface area (Å²) in [6.45, 7) is 2.09. The molecule has 3 rings (SSSR count). The fraction of sp³-hybridized carbons (Fsp3) is 0.318. The van der Waals surface area contributed by atoms with Gasteiger partial charge in [0, 0.05) is 33.9 Å². The van der Waals surface area contributed by atoms with Gasteiger partial charge in [0.15, 0.2) is 0 Å². The smallest absolute Gasteiger partial charge is 0.548 e. The van der Waals surface area contributed by atoms with Crippen molar-refractivity contribution in [1.29, 1.82) is 0 Å². The molecular weight excluding hydrogens is 446 g/mol. The molecule has 0 radical (unpaired) electrons. The average Bonchev–Trinajstić information content (AvgIpc) is 3.16. The van der Waals surface area contributed by atoms with Gasteiger partial charge in [-0.3, -0.25) is 9.59 Å². The summed E-state index contributed by atoms with van der Waals surface area (Å²) < 4.78 is 0. The first-order valence-corrected chi connectivity index (χ1v) is 11.3. The Kier molecular flexibility index (Phi) is 10.2. The van der Waals surface area contributed by atoms with Crippen LogP contribution < -0.4 is 5.11 Å². The molecule has 2 unspecified atom stereocenters. The van der Waals surface area contributed by atoms with Gasteiger partial charge in [-0.1, -0.05) is 67.2 Å². The first kappa shape index (κ1) is 25.3. The van der Waals surface area contributed by atoms with Gasteiger partial charge >= 0.3 is 37.7 Å². The van der Waals surface area contributed by atoms with Gasteiger partial charge in [-0.15, -0.1) is 11.8 Å². The maximum atomic E-state index is 12.9. The number of hydrogen-bond acceptors (Lipinski definition) is 6. The van der Waals surface area contributed by atoms with Crippen molar-refractivity contribution in [3.8, 4) is 0 Å². The summed E-state index contributed by atoms with van der Waals surface area (Å²) in [4.78, 5) is 39.2. The van der Waals surface area contributed by atoms with Crippen LogP contribution in [0.2, 0.25) is 0 Å². The number of benzene rings is 2. The van der Waals surface area contributed by atoms with Crippen molar-refractivity contribution in [2.24, 2.45) is 5.92 Å². The van der Waals surface area contributed by atoms with E-state index in [-0.39, 0.29) is 54.0 Å². The van der Waals surface area contributed by atoms with E-state index in [1.165, 1.54) is 4.90 Å². The Morgan fingerprint density at radius 2 is 1.67 bits per heavy atom. The van der Waals surface area contributed by atoms with Crippen molar-refractivity contribution in [3.05, 3.63) is 66.2 Å². The molecule has 1 amide bonds. The van der Waals surface area contributed by atoms with E-state index in [2.05, 4.69) is 0 Å². The summed E-state index contributed by atoms with van der Waals surface area (Å²) in [5.74, 6) is -1.63. The predicted molar refractivity (Wildman–Crippen MR) is 119 cm³/mol. The number of amides is 1. The molecule has 0 bridgehead atoms. The van der Waals surface area contributed by atoms with E-state index in [1.807, 2.05) is 36.4 Å². The number of nitrogens with zero attached hydrogens (tertiary/aromatic N) is 1. The molecule has 1 aliphatic heterocycles. The van der Waals surface area contributed by atoms with Crippen LogP contribution in [0.4, 0.5) is 0 Å². The molecule has 1 aliphatic rings. The normalized spacial score (nSPS) is 19.0. The summed E-state index contributed by atoms with van der Waals surface area (Å²) in [6, 6.07) is 17.7. The van der Waals surface area contributed by atoms with Gasteiger partial charge in [0.1, 0.15) is 0 Å². The van der Waals surface area contributed by atoms with Crippen LogP contribution in [-0.4, -0.2) is 83.2 Å². The van der Waals surface area contributed by atoms with E-state index in [4.69, 9.17) is 0 Å². The van der Waals surface area contributed by atoms with Crippen molar-refractivity contribution in [1.82, 2.24) is 4.90 Å². The Balaban J connectivity index is 0.00000320. The van der Waals surface area contributed by atoms with Crippen molar-refractivity contribution >= 4 is 78.3 Å². The van der Waals surface area contributed by atoms with Gasteiger partial charge in [0.05, 0.1) is 12.0 Å². The minimum absolute atomic E-state index is 0. The van der Waals surface area contributed by atoms with E-state index in [0.717, 1.165) is 16.7 Å². The number of thioether (sulfide) groups is 2. The fourth-order valence-corrected chi connectivity index (χ4v) is 5.31. The molecule has 0 saturated carbocycles. The Bertz CT molecular complexity index is 866. The zero-order valence-electron chi connectivity index (χ0n) is 16.7. The molecule has 3 atom stereocenters. The van der Waals surface area contributed by atoms with Gasteiger partial charge in [-0.05, 0) is 18.6 Å². The molecule has 2 aromatic rings. The molecular formula is C22H22CaNO4S2+. The van der Waals surface area contributed by atoms with Gasteiger partial charge < -0.3 is 14.8 Å². The predicted octanol–water partition coefficient (Wildman–Crippen LogP) is 2.33. The number of carbonyl (C=O) groups excluding carboxylic acids is 3. The summed E-state index contributed by atoms with van der Waals surface area (Å²) in [7, 11) is 0. The van der Waals surface area contributed by atoms with Gasteiger partial charge in [0.25, 0.3) is 0 Å². The number of likely N-dealkylation sites (tertiary alicyclic amines) is 1. The summed E-state index contributed by atoms with van der Waals surface area (Å²) in [5.41, 5.74) is 0.588. The minimum Gasteiger partial charge on any atom is -0.548 e. The Hall–Kier alpha value is -0.990. The largest absolute Gasteiger partial charge is 2.00 e. The van der Waals surface area contributed by atoms with E-state index < -0.39 is 17.9 Å². The van der Waals surface area contributed by atoms with Crippen molar-refractivity contribution in [3.63, 3.8) is 0 Å². The molecule has 1 heterocycles. The first-order valence-electron chi connectivity index (χ1n) is 9.41. The number of carboxylic acid groups (broad SMARTS) is 1. The number of hydrogen-bond donors (Lipinski definition) is 0. The third-order valence-electron chi connectivity index (χ3n) is 4.76. The molecule has 0 spiro atoms. The van der Waals surface area contributed by atoms with E-state index in [0.29, 0.717) is 24.3 Å². The Morgan fingerprint density at radius 3 is 2.27 bits per heavy atom. The van der Waals surface area contributed by atoms with Crippen LogP contribution in [0.5, 0.6) is 0 Å². The van der Waals surface area contributed by atoms with Crippen LogP contribution in [-0.2, 0) is 9.59 Å². The SMILES string of the molecule is CC(CSC(=O)c1ccccc1)C(=O)N1CC(Sc2ccccc2)C[C@@H]1C(=O)[O-].[Ca+2]. The summed E-state index contributed by atoms with van der Waals surface area (Å²) in [6.07, 6.45) is 0.358. The van der Waals surface area contributed by atoms with E-state index in [9.17, 15) is 19.5 Å². The van der Waals surface area contributed by atoms with Crippen LogP contribution in [0.25, 0.3) is 0 Å². The molecule has 1 fully saturated rings. The standard InChI is InChI=1S/C22H23NO4S2.Ca/c1-15(14-28-22(27)16-8-4-2-5-9-16)20(24)23-13-18(12-19(23)21(25)26)29-17-10-6-3-7-11-17;/h2-11,15,18-19H,12-14H2,1H3,(H,25,26);/q;+2/p-1/t15?,18?,19-;/m1./s1. The number of carboxylic acids is 1. The number of carbonyl (C=O) groups is 3. The second-order valence-corrected chi connectivity index (χ2v) is 9.35. The zero-order chi connectivity index (χ0) is 20.8. The summed E-state index contributed by atoms with van der Waals surface area (Å²) >= 11 is 2.66. The van der Waals surface area contributed by atoms with Gasteiger partial charge in [0.2, 0.25) is 11.0 Å². The van der Waals surface area contributed by atoms with Gasteiger partial charge in [-0.2, -0.15) is 0 Å². The third-order valence-corrected chi connectivity index (χ3v) is 7.14. The average molecular weight is 469 g/mol. The van der Waals surface area contributed by atoms with E-state index >= 15 is 0 Å². The zero-order valence-corrected chi connectivity index (χ0v) is 20.6. The topological polar surface area (TPSA) is 77.5 Å². The van der Waals surface area contributed by atoms with E-state index in [1.54, 1.807) is 43.0 Å². The summed E-state index contributed by atoms with van der Waals surface area (Å²) in [5, 5.41) is 11.5. The Labute approximate surface area is 215 Å². The minimum atomic E-state index is -1.23. The molecule has 0 aromatic heterocycles. The quantitative estimate of drug-likeness (QED) is 0.581. The van der Waals surface area contributed by atoms with Crippen LogP contribution in [0, 0.1) is 5.92 Å². The first-order chi connectivity index (χ1) is 14.0. The number of rotatable bonds is 7. The molecule has 152 valence electrons. The second kappa shape index (κ2) is 12.1. The second-order valence-electron chi connectivity index (χ2n) is 6.98. The maximum absolute atomic E-state index is 12.9. The van der Waals surface area contributed by atoms with Crippen LogP contribution in [0.15, 0.2) is 65.6 Å². The van der Waals surface area contributed by atoms with Crippen molar-refractivity contribution in [2.75, 3.05) is 12.3 Å². The van der Waals surface area contributed by atoms with Gasteiger partial charge in [-0.25, -0.2) is 0 Å². The van der Waals surface area contributed by atoms with Crippen LogP contribution in [0.1, 0.15) is 23.7 Å². The Morgan fingerprint density at radius 1 is 1.07 bits per heavy atom. The monoisotopic (exact) mass is 468 g/mol. The molecule has 8 heteroatoms.